The molecule has 1 amide bonds. The summed E-state index contributed by atoms with van der Waals surface area (Å²) in [6, 6.07) is 7.85. The molecule has 1 aliphatic heterocycles. The van der Waals surface area contributed by atoms with Gasteiger partial charge in [-0.05, 0) is 36.8 Å². The van der Waals surface area contributed by atoms with Gasteiger partial charge in [0.1, 0.15) is 15.8 Å². The van der Waals surface area contributed by atoms with Crippen LogP contribution < -0.4 is 15.4 Å². The fraction of sp³-hybridized carbons (Fsp3) is 0.350. The Hall–Kier alpha value is -2.38. The molecule has 0 unspecified atom stereocenters. The SMILES string of the molecule is Cc1cc(Cl)c(S(=O)(=O)[N-]c2ccc(S(=O)(=O)N3CC[NH+](C)CC3)cc2)cc1OCC(N)=O. The summed E-state index contributed by atoms with van der Waals surface area (Å²) >= 11 is 6.12. The molecule has 0 radical (unpaired) electrons. The molecule has 1 aliphatic rings. The van der Waals surface area contributed by atoms with Gasteiger partial charge in [0.15, 0.2) is 6.61 Å². The van der Waals surface area contributed by atoms with E-state index in [2.05, 4.69) is 4.72 Å². The summed E-state index contributed by atoms with van der Waals surface area (Å²) in [4.78, 5) is 12.0. The van der Waals surface area contributed by atoms with E-state index in [9.17, 15) is 21.6 Å². The maximum atomic E-state index is 12.9. The predicted molar refractivity (Wildman–Crippen MR) is 123 cm³/mol. The first-order chi connectivity index (χ1) is 15.4. The Morgan fingerprint density at radius 2 is 1.76 bits per heavy atom. The van der Waals surface area contributed by atoms with E-state index in [4.69, 9.17) is 22.1 Å². The molecule has 13 heteroatoms. The number of nitrogens with zero attached hydrogens (tertiary/aromatic N) is 2. The van der Waals surface area contributed by atoms with Crippen LogP contribution in [-0.4, -0.2) is 66.9 Å². The van der Waals surface area contributed by atoms with Crippen LogP contribution in [0.25, 0.3) is 4.72 Å². The monoisotopic (exact) mass is 516 g/mol. The molecule has 0 aromatic heterocycles. The summed E-state index contributed by atoms with van der Waals surface area (Å²) in [6.45, 7) is 3.47. The van der Waals surface area contributed by atoms with E-state index in [1.54, 1.807) is 6.92 Å². The number of hydrogen-bond acceptors (Lipinski definition) is 6. The van der Waals surface area contributed by atoms with Gasteiger partial charge in [0.05, 0.1) is 48.0 Å². The number of nitrogens with two attached hydrogens (primary N) is 1. The van der Waals surface area contributed by atoms with Crippen molar-refractivity contribution < 1.29 is 31.3 Å². The molecule has 2 aromatic rings. The minimum Gasteiger partial charge on any atom is -0.573 e. The number of benzene rings is 2. The smallest absolute Gasteiger partial charge is 0.255 e. The van der Waals surface area contributed by atoms with Gasteiger partial charge in [0.25, 0.3) is 5.91 Å². The van der Waals surface area contributed by atoms with Gasteiger partial charge in [-0.1, -0.05) is 23.7 Å². The molecule has 2 aromatic carbocycles. The lowest BCUT2D eigenvalue weighted by atomic mass is 10.2. The average molecular weight is 517 g/mol. The number of hydrogen-bond donors (Lipinski definition) is 2. The highest BCUT2D eigenvalue weighted by Gasteiger charge is 2.28. The Morgan fingerprint density at radius 3 is 2.33 bits per heavy atom. The van der Waals surface area contributed by atoms with Crippen molar-refractivity contribution in [3.05, 3.63) is 51.7 Å². The van der Waals surface area contributed by atoms with Crippen molar-refractivity contribution in [1.29, 1.82) is 0 Å². The van der Waals surface area contributed by atoms with Gasteiger partial charge in [-0.2, -0.15) is 4.31 Å². The third kappa shape index (κ3) is 5.95. The number of sulfonamides is 2. The average Bonchev–Trinajstić information content (AvgIpc) is 2.73. The molecular weight excluding hydrogens is 492 g/mol. The van der Waals surface area contributed by atoms with Crippen LogP contribution in [-0.2, 0) is 24.8 Å². The minimum atomic E-state index is -4.26. The van der Waals surface area contributed by atoms with Crippen molar-refractivity contribution in [3.63, 3.8) is 0 Å². The molecule has 0 aliphatic carbocycles. The summed E-state index contributed by atoms with van der Waals surface area (Å²) in [7, 11) is -5.93. The van der Waals surface area contributed by atoms with Crippen molar-refractivity contribution in [1.82, 2.24) is 4.31 Å². The summed E-state index contributed by atoms with van der Waals surface area (Å²) in [5.74, 6) is -0.589. The van der Waals surface area contributed by atoms with Crippen molar-refractivity contribution >= 4 is 43.2 Å². The van der Waals surface area contributed by atoms with E-state index in [0.717, 1.165) is 0 Å². The normalized spacial score (nSPS) is 15.8. The maximum absolute atomic E-state index is 12.9. The zero-order valence-corrected chi connectivity index (χ0v) is 20.5. The number of piperazine rings is 1. The number of nitrogens with one attached hydrogen (secondary N) is 1. The molecule has 0 saturated carbocycles. The zero-order valence-electron chi connectivity index (χ0n) is 18.1. The van der Waals surface area contributed by atoms with Gasteiger partial charge in [-0.3, -0.25) is 4.79 Å². The largest absolute Gasteiger partial charge is 0.573 e. The molecule has 1 saturated heterocycles. The summed E-state index contributed by atoms with van der Waals surface area (Å²) in [5.41, 5.74) is 5.62. The van der Waals surface area contributed by atoms with Gasteiger partial charge >= 0.3 is 0 Å². The van der Waals surface area contributed by atoms with E-state index in [-0.39, 0.29) is 26.3 Å². The number of halogens is 1. The first kappa shape index (κ1) is 25.2. The van der Waals surface area contributed by atoms with Crippen LogP contribution in [0.15, 0.2) is 46.2 Å². The Kier molecular flexibility index (Phi) is 7.54. The minimum absolute atomic E-state index is 0.0352. The topological polar surface area (TPSA) is 142 Å². The Morgan fingerprint density at radius 1 is 1.15 bits per heavy atom. The number of aryl methyl sites for hydroxylation is 1. The molecule has 0 spiro atoms. The van der Waals surface area contributed by atoms with Crippen molar-refractivity contribution in [2.45, 2.75) is 16.7 Å². The third-order valence-corrected chi connectivity index (χ3v) is 8.84. The van der Waals surface area contributed by atoms with Crippen LogP contribution in [0.4, 0.5) is 5.69 Å². The first-order valence-corrected chi connectivity index (χ1v) is 13.3. The van der Waals surface area contributed by atoms with Crippen molar-refractivity contribution in [2.75, 3.05) is 39.8 Å². The van der Waals surface area contributed by atoms with Gasteiger partial charge in [-0.25, -0.2) is 16.8 Å². The second-order valence-corrected chi connectivity index (χ2v) is 11.6. The van der Waals surface area contributed by atoms with Gasteiger partial charge in [0, 0.05) is 0 Å². The maximum Gasteiger partial charge on any atom is 0.255 e. The summed E-state index contributed by atoms with van der Waals surface area (Å²) < 4.78 is 61.8. The number of likely N-dealkylation sites (N-methyl/N-ethyl adjacent to an activating group) is 1. The Balaban J connectivity index is 1.80. The number of carbonyl (C=O) groups excluding carboxylic acids is 1. The molecular formula is C20H25ClN4O6S2. The quantitative estimate of drug-likeness (QED) is 0.521. The lowest BCUT2D eigenvalue weighted by Gasteiger charge is -2.29. The molecule has 10 nitrogen and oxygen atoms in total. The highest BCUT2D eigenvalue weighted by molar-refractivity contribution is 7.94. The summed E-state index contributed by atoms with van der Waals surface area (Å²) in [6.07, 6.45) is 0. The number of ether oxygens (including phenoxy) is 1. The molecule has 180 valence electrons. The Bertz CT molecular complexity index is 1240. The van der Waals surface area contributed by atoms with Crippen LogP contribution in [0, 0.1) is 6.92 Å². The van der Waals surface area contributed by atoms with Gasteiger partial charge < -0.3 is 20.1 Å². The number of primary amides is 1. The molecule has 0 bridgehead atoms. The number of rotatable bonds is 8. The summed E-state index contributed by atoms with van der Waals surface area (Å²) in [5, 5.41) is -0.0703. The lowest BCUT2D eigenvalue weighted by Crippen LogP contribution is -3.12. The van der Waals surface area contributed by atoms with E-state index < -0.39 is 32.6 Å². The molecule has 1 fully saturated rings. The molecule has 33 heavy (non-hydrogen) atoms. The highest BCUT2D eigenvalue weighted by atomic mass is 35.5. The van der Waals surface area contributed by atoms with Crippen LogP contribution in [0.2, 0.25) is 5.02 Å². The fourth-order valence-electron chi connectivity index (χ4n) is 3.26. The van der Waals surface area contributed by atoms with Crippen LogP contribution in [0.1, 0.15) is 5.56 Å². The second kappa shape index (κ2) is 9.85. The third-order valence-electron chi connectivity index (χ3n) is 5.15. The fourth-order valence-corrected chi connectivity index (χ4v) is 6.27. The van der Waals surface area contributed by atoms with Crippen LogP contribution >= 0.6 is 11.6 Å². The lowest BCUT2D eigenvalue weighted by molar-refractivity contribution is -0.883. The number of carbonyl (C=O) groups is 1. The number of quaternary nitrogens is 1. The number of amides is 1. The molecule has 3 N–H and O–H groups in total. The molecule has 3 rings (SSSR count). The van der Waals surface area contributed by atoms with E-state index in [1.165, 1.54) is 45.6 Å². The second-order valence-electron chi connectivity index (χ2n) is 7.72. The highest BCUT2D eigenvalue weighted by Crippen LogP contribution is 2.36. The van der Waals surface area contributed by atoms with E-state index >= 15 is 0 Å². The van der Waals surface area contributed by atoms with Crippen LogP contribution in [0.3, 0.4) is 0 Å². The standard InChI is InChI=1S/C20H24ClN4O6S2/c1-14-11-17(21)19(12-18(14)31-13-20(22)26)32(27,28)23-15-3-5-16(6-4-15)33(29,30)25-9-7-24(2)8-10-25/h3-6,11-12H,7-10,13H2,1-2H3,(H2,22,26)/q-1/p+1. The van der Waals surface area contributed by atoms with E-state index in [0.29, 0.717) is 31.7 Å². The Labute approximate surface area is 198 Å². The molecule has 1 heterocycles. The van der Waals surface area contributed by atoms with Gasteiger partial charge in [-0.15, -0.1) is 5.69 Å². The van der Waals surface area contributed by atoms with Crippen molar-refractivity contribution in [3.8, 4) is 5.75 Å². The molecule has 0 atom stereocenters. The van der Waals surface area contributed by atoms with Crippen LogP contribution in [0.5, 0.6) is 5.75 Å². The first-order valence-electron chi connectivity index (χ1n) is 10.0. The zero-order chi connectivity index (χ0) is 24.4. The van der Waals surface area contributed by atoms with Crippen molar-refractivity contribution in [2.24, 2.45) is 5.73 Å². The predicted octanol–water partition coefficient (Wildman–Crippen LogP) is 0.426. The van der Waals surface area contributed by atoms with Gasteiger partial charge in [0.2, 0.25) is 10.0 Å². The van der Waals surface area contributed by atoms with E-state index in [1.807, 2.05) is 7.05 Å².